The van der Waals surface area contributed by atoms with Crippen molar-refractivity contribution in [3.63, 3.8) is 0 Å². The van der Waals surface area contributed by atoms with Gasteiger partial charge in [-0.15, -0.1) is 11.8 Å². The first-order valence-electron chi connectivity index (χ1n) is 6.65. The van der Waals surface area contributed by atoms with Crippen molar-refractivity contribution in [2.75, 3.05) is 0 Å². The highest BCUT2D eigenvalue weighted by atomic mass is 35.5. The van der Waals surface area contributed by atoms with Crippen LogP contribution < -0.4 is 5.32 Å². The summed E-state index contributed by atoms with van der Waals surface area (Å²) in [6.45, 7) is 0. The average molecular weight is 404 g/mol. The van der Waals surface area contributed by atoms with E-state index in [0.29, 0.717) is 0 Å². The fourth-order valence-electron chi connectivity index (χ4n) is 1.53. The number of hydrogen-bond donors (Lipinski definition) is 3. The number of thioether (sulfide) groups is 1. The maximum absolute atomic E-state index is 9.26. The van der Waals surface area contributed by atoms with Crippen LogP contribution in [0.5, 0.6) is 0 Å². The van der Waals surface area contributed by atoms with Gasteiger partial charge < -0.3 is 5.11 Å². The number of benzene rings is 2. The van der Waals surface area contributed by atoms with E-state index in [4.69, 9.17) is 33.1 Å². The van der Waals surface area contributed by atoms with Crippen molar-refractivity contribution in [3.05, 3.63) is 69.7 Å². The maximum atomic E-state index is 9.26. The van der Waals surface area contributed by atoms with E-state index in [0.717, 1.165) is 15.8 Å². The molecule has 1 unspecified atom stereocenters. The zero-order chi connectivity index (χ0) is 17.9. The molecule has 1 atom stereocenters. The largest absolute Gasteiger partial charge is 0.465 e. The number of carboxylic acid groups (broad SMARTS) is 1. The predicted molar refractivity (Wildman–Crippen MR) is 103 cm³/mol. The predicted octanol–water partition coefficient (Wildman–Crippen LogP) is 5.27. The summed E-state index contributed by atoms with van der Waals surface area (Å²) in [6.07, 6.45) is -1.23. The van der Waals surface area contributed by atoms with Crippen molar-refractivity contribution in [1.29, 1.82) is 0 Å². The molecule has 0 radical (unpaired) electrons. The Morgan fingerprint density at radius 1 is 1.12 bits per heavy atom. The van der Waals surface area contributed by atoms with E-state index in [1.165, 1.54) is 16.4 Å². The van der Waals surface area contributed by atoms with E-state index in [9.17, 15) is 4.79 Å². The van der Waals surface area contributed by atoms with Gasteiger partial charge in [0.05, 0.1) is 4.58 Å². The molecule has 24 heavy (non-hydrogen) atoms. The Balaban J connectivity index is 0.000000413. The molecule has 0 aromatic heterocycles. The molecule has 0 aliphatic carbocycles. The molecule has 2 rings (SSSR count). The van der Waals surface area contributed by atoms with Gasteiger partial charge in [0.1, 0.15) is 0 Å². The number of carbonyl (C=O) groups excluding carboxylic acids is 1. The molecule has 0 spiro atoms. The van der Waals surface area contributed by atoms with Crippen LogP contribution in [0.2, 0.25) is 10.0 Å². The third-order valence-electron chi connectivity index (χ3n) is 2.66. The summed E-state index contributed by atoms with van der Waals surface area (Å²) in [5, 5.41) is 10.5. The topological polar surface area (TPSA) is 66.4 Å². The minimum Gasteiger partial charge on any atom is -0.465 e. The van der Waals surface area contributed by atoms with Gasteiger partial charge in [0, 0.05) is 15.8 Å². The van der Waals surface area contributed by atoms with Crippen molar-refractivity contribution >= 4 is 60.1 Å². The van der Waals surface area contributed by atoms with Gasteiger partial charge in [-0.2, -0.15) is 12.6 Å². The first-order chi connectivity index (χ1) is 11.4. The molecule has 0 aliphatic rings. The Hall–Kier alpha value is -1.34. The van der Waals surface area contributed by atoms with Crippen molar-refractivity contribution in [2.45, 2.75) is 10.3 Å². The molecular formula is C16H15Cl2NO3S2. The number of rotatable bonds is 5. The minimum absolute atomic E-state index is 0.0995. The van der Waals surface area contributed by atoms with Crippen molar-refractivity contribution in [3.8, 4) is 0 Å². The lowest BCUT2D eigenvalue weighted by Gasteiger charge is -2.11. The minimum atomic E-state index is -1.33. The molecule has 2 amide bonds. The van der Waals surface area contributed by atoms with Crippen LogP contribution >= 0.6 is 47.6 Å². The molecular weight excluding hydrogens is 389 g/mol. The molecule has 0 aliphatic heterocycles. The number of nitrogens with one attached hydrogen (secondary N) is 1. The number of thiol groups is 1. The second-order valence-corrected chi connectivity index (χ2v) is 7.24. The van der Waals surface area contributed by atoms with Crippen molar-refractivity contribution in [1.82, 2.24) is 5.32 Å². The molecule has 128 valence electrons. The first kappa shape index (κ1) is 20.7. The van der Waals surface area contributed by atoms with E-state index in [-0.39, 0.29) is 11.0 Å². The van der Waals surface area contributed by atoms with E-state index >= 15 is 0 Å². The van der Waals surface area contributed by atoms with Crippen LogP contribution in [0.1, 0.15) is 15.7 Å². The number of amides is 2. The van der Waals surface area contributed by atoms with Crippen LogP contribution in [0.4, 0.5) is 4.79 Å². The lowest BCUT2D eigenvalue weighted by molar-refractivity contribution is -0.108. The fraction of sp³-hybridized carbons (Fsp3) is 0.125. The Kier molecular flexibility index (Phi) is 9.71. The molecule has 0 saturated carbocycles. The molecule has 0 saturated heterocycles. The Morgan fingerprint density at radius 3 is 2.04 bits per heavy atom. The monoisotopic (exact) mass is 403 g/mol. The Morgan fingerprint density at radius 2 is 1.62 bits per heavy atom. The summed E-state index contributed by atoms with van der Waals surface area (Å²) in [5.41, 5.74) is 2.42. The van der Waals surface area contributed by atoms with Crippen molar-refractivity contribution < 1.29 is 14.7 Å². The number of imide groups is 1. The lowest BCUT2D eigenvalue weighted by atomic mass is 10.2. The van der Waals surface area contributed by atoms with Gasteiger partial charge in [-0.05, 0) is 35.4 Å². The summed E-state index contributed by atoms with van der Waals surface area (Å²) in [7, 11) is 0. The van der Waals surface area contributed by atoms with Gasteiger partial charge in [0.15, 0.2) is 0 Å². The molecule has 0 bridgehead atoms. The highest BCUT2D eigenvalue weighted by Gasteiger charge is 2.07. The third-order valence-corrected chi connectivity index (χ3v) is 5.00. The zero-order valence-corrected chi connectivity index (χ0v) is 15.6. The van der Waals surface area contributed by atoms with Crippen LogP contribution in [0.15, 0.2) is 48.5 Å². The van der Waals surface area contributed by atoms with Crippen LogP contribution in [0.3, 0.4) is 0 Å². The second-order valence-electron chi connectivity index (χ2n) is 4.41. The molecule has 4 nitrogen and oxygen atoms in total. The highest BCUT2D eigenvalue weighted by molar-refractivity contribution is 8.09. The first-order valence-corrected chi connectivity index (χ1v) is 8.97. The van der Waals surface area contributed by atoms with Gasteiger partial charge in [-0.25, -0.2) is 4.79 Å². The van der Waals surface area contributed by atoms with Crippen LogP contribution in [-0.4, -0.2) is 17.6 Å². The summed E-state index contributed by atoms with van der Waals surface area (Å²) in [4.78, 5) is 18.4. The average Bonchev–Trinajstić information content (AvgIpc) is 2.55. The molecule has 0 heterocycles. The summed E-state index contributed by atoms with van der Waals surface area (Å²) < 4.78 is 0.151. The molecule has 8 heteroatoms. The summed E-state index contributed by atoms with van der Waals surface area (Å²) >= 11 is 18.1. The van der Waals surface area contributed by atoms with E-state index in [2.05, 4.69) is 12.6 Å². The normalized spacial score (nSPS) is 11.0. The van der Waals surface area contributed by atoms with Crippen molar-refractivity contribution in [2.24, 2.45) is 0 Å². The van der Waals surface area contributed by atoms with Gasteiger partial charge in [-0.1, -0.05) is 47.5 Å². The highest BCUT2D eigenvalue weighted by Crippen LogP contribution is 2.35. The Labute approximate surface area is 160 Å². The number of carbonyl (C=O) groups is 2. The van der Waals surface area contributed by atoms with E-state index in [1.807, 2.05) is 48.5 Å². The zero-order valence-electron chi connectivity index (χ0n) is 12.4. The molecule has 2 aromatic rings. The summed E-state index contributed by atoms with van der Waals surface area (Å²) in [5.74, 6) is 0.911. The molecule has 2 N–H and O–H groups in total. The Bertz CT molecular complexity index is 651. The van der Waals surface area contributed by atoms with Crippen LogP contribution in [0, 0.1) is 0 Å². The number of hydrogen-bond acceptors (Lipinski definition) is 4. The second kappa shape index (κ2) is 11.3. The smallest absolute Gasteiger partial charge is 0.411 e. The fourth-order valence-corrected chi connectivity index (χ4v) is 3.07. The van der Waals surface area contributed by atoms with Gasteiger partial charge in [0.2, 0.25) is 6.41 Å². The standard InChI is InChI=1S/C14H12Cl2S2.C2H3NO3/c15-12-5-1-10(2-6-12)9-18-14(17)11-3-7-13(16)8-4-11;4-1-3-2(5)6/h1-8,14,17H,9H2;1H,(H,3,4)(H,5,6). The van der Waals surface area contributed by atoms with Crippen LogP contribution in [0.25, 0.3) is 0 Å². The van der Waals surface area contributed by atoms with E-state index in [1.54, 1.807) is 11.8 Å². The van der Waals surface area contributed by atoms with Gasteiger partial charge in [0.25, 0.3) is 0 Å². The van der Waals surface area contributed by atoms with Gasteiger partial charge >= 0.3 is 6.09 Å². The lowest BCUT2D eigenvalue weighted by Crippen LogP contribution is -2.17. The molecule has 0 fully saturated rings. The van der Waals surface area contributed by atoms with Crippen LogP contribution in [-0.2, 0) is 10.5 Å². The quantitative estimate of drug-likeness (QED) is 0.361. The van der Waals surface area contributed by atoms with E-state index < -0.39 is 6.09 Å². The maximum Gasteiger partial charge on any atom is 0.411 e. The SMILES string of the molecule is O=CNC(=O)O.SC(SCc1ccc(Cl)cc1)c1ccc(Cl)cc1. The third kappa shape index (κ3) is 8.49. The summed E-state index contributed by atoms with van der Waals surface area (Å²) in [6, 6.07) is 15.7. The van der Waals surface area contributed by atoms with Gasteiger partial charge in [-0.3, -0.25) is 10.1 Å². The number of halogens is 2. The molecule has 2 aromatic carbocycles.